The molecule has 0 aliphatic carbocycles. The first-order valence-corrected chi connectivity index (χ1v) is 9.17. The predicted molar refractivity (Wildman–Crippen MR) is 98.7 cm³/mol. The second kappa shape index (κ2) is 9.22. The van der Waals surface area contributed by atoms with E-state index in [-0.39, 0.29) is 17.6 Å². The minimum Gasteiger partial charge on any atom is -0.352 e. The maximum atomic E-state index is 12.3. The van der Waals surface area contributed by atoms with Gasteiger partial charge in [0.25, 0.3) is 5.91 Å². The van der Waals surface area contributed by atoms with E-state index in [1.807, 2.05) is 25.3 Å². The monoisotopic (exact) mass is 361 g/mol. The fourth-order valence-corrected chi connectivity index (χ4v) is 2.85. The second-order valence-electron chi connectivity index (χ2n) is 5.89. The predicted octanol–water partition coefficient (Wildman–Crippen LogP) is 2.41. The van der Waals surface area contributed by atoms with E-state index in [4.69, 9.17) is 0 Å². The molecule has 1 heterocycles. The molecule has 7 nitrogen and oxygen atoms in total. The highest BCUT2D eigenvalue weighted by Gasteiger charge is 2.14. The van der Waals surface area contributed by atoms with Crippen LogP contribution in [-0.4, -0.2) is 38.9 Å². The Labute approximate surface area is 151 Å². The van der Waals surface area contributed by atoms with Crippen molar-refractivity contribution < 1.29 is 9.59 Å². The molecule has 2 amide bonds. The van der Waals surface area contributed by atoms with Gasteiger partial charge in [-0.25, -0.2) is 0 Å². The molecule has 134 valence electrons. The molecule has 8 heteroatoms. The van der Waals surface area contributed by atoms with Crippen LogP contribution >= 0.6 is 11.8 Å². The van der Waals surface area contributed by atoms with Gasteiger partial charge >= 0.3 is 0 Å². The summed E-state index contributed by atoms with van der Waals surface area (Å²) in [4.78, 5) is 24.5. The minimum atomic E-state index is -0.195. The quantitative estimate of drug-likeness (QED) is 0.705. The lowest BCUT2D eigenvalue weighted by Crippen LogP contribution is -2.28. The van der Waals surface area contributed by atoms with E-state index in [0.29, 0.717) is 28.9 Å². The second-order valence-corrected chi connectivity index (χ2v) is 6.83. The van der Waals surface area contributed by atoms with Crippen molar-refractivity contribution in [2.24, 2.45) is 5.92 Å². The van der Waals surface area contributed by atoms with Crippen molar-refractivity contribution in [1.29, 1.82) is 0 Å². The Bertz CT molecular complexity index is 729. The van der Waals surface area contributed by atoms with E-state index in [0.717, 1.165) is 6.54 Å². The number of carbonyl (C=O) groups is 2. The third kappa shape index (κ3) is 5.60. The Morgan fingerprint density at radius 2 is 2.04 bits per heavy atom. The molecule has 0 saturated heterocycles. The van der Waals surface area contributed by atoms with Gasteiger partial charge in [-0.15, -0.1) is 10.2 Å². The van der Waals surface area contributed by atoms with Crippen molar-refractivity contribution in [3.8, 4) is 0 Å². The van der Waals surface area contributed by atoms with Crippen LogP contribution in [0.25, 0.3) is 0 Å². The number of benzene rings is 1. The molecule has 1 aromatic carbocycles. The highest BCUT2D eigenvalue weighted by molar-refractivity contribution is 7.99. The first-order chi connectivity index (χ1) is 12.0. The average molecular weight is 361 g/mol. The summed E-state index contributed by atoms with van der Waals surface area (Å²) in [5.74, 6) is 0.168. The molecule has 0 fully saturated rings. The number of nitrogens with one attached hydrogen (secondary N) is 2. The summed E-state index contributed by atoms with van der Waals surface area (Å²) >= 11 is 1.31. The number of rotatable bonds is 8. The summed E-state index contributed by atoms with van der Waals surface area (Å²) < 4.78 is 1.87. The summed E-state index contributed by atoms with van der Waals surface area (Å²) in [6.07, 6.45) is 1.63. The third-order valence-corrected chi connectivity index (χ3v) is 4.35. The van der Waals surface area contributed by atoms with Crippen LogP contribution in [0.1, 0.15) is 31.1 Å². The average Bonchev–Trinajstić information content (AvgIpc) is 3.06. The zero-order valence-corrected chi connectivity index (χ0v) is 15.5. The number of hydrogen-bond acceptors (Lipinski definition) is 5. The standard InChI is InChI=1S/C17H23N5O2S/c1-4-22-11-19-21-17(22)25-10-15(23)20-14-8-6-5-7-13(14)16(24)18-9-12(2)3/h5-8,11-12H,4,9-10H2,1-3H3,(H,18,24)(H,20,23). The third-order valence-electron chi connectivity index (χ3n) is 3.37. The number of hydrogen-bond donors (Lipinski definition) is 2. The fraction of sp³-hybridized carbons (Fsp3) is 0.412. The molecule has 0 aliphatic rings. The highest BCUT2D eigenvalue weighted by atomic mass is 32.2. The van der Waals surface area contributed by atoms with Crippen molar-refractivity contribution in [2.45, 2.75) is 32.5 Å². The molecule has 25 heavy (non-hydrogen) atoms. The number of para-hydroxylation sites is 1. The number of aromatic nitrogens is 3. The lowest BCUT2D eigenvalue weighted by molar-refractivity contribution is -0.113. The highest BCUT2D eigenvalue weighted by Crippen LogP contribution is 2.18. The van der Waals surface area contributed by atoms with Gasteiger partial charge in [0.15, 0.2) is 5.16 Å². The summed E-state index contributed by atoms with van der Waals surface area (Å²) in [5, 5.41) is 14.2. The minimum absolute atomic E-state index is 0.192. The van der Waals surface area contributed by atoms with E-state index in [1.165, 1.54) is 11.8 Å². The zero-order valence-electron chi connectivity index (χ0n) is 14.7. The molecule has 0 aliphatic heterocycles. The van der Waals surface area contributed by atoms with Crippen LogP contribution in [0.15, 0.2) is 35.7 Å². The van der Waals surface area contributed by atoms with Crippen molar-refractivity contribution >= 4 is 29.3 Å². The van der Waals surface area contributed by atoms with Gasteiger partial charge in [0, 0.05) is 13.1 Å². The number of aryl methyl sites for hydroxylation is 1. The number of amides is 2. The van der Waals surface area contributed by atoms with Crippen LogP contribution in [0.4, 0.5) is 5.69 Å². The van der Waals surface area contributed by atoms with E-state index < -0.39 is 0 Å². The zero-order chi connectivity index (χ0) is 18.2. The Hall–Kier alpha value is -2.35. The van der Waals surface area contributed by atoms with Gasteiger partial charge in [-0.05, 0) is 25.0 Å². The van der Waals surface area contributed by atoms with Gasteiger partial charge in [-0.3, -0.25) is 9.59 Å². The van der Waals surface area contributed by atoms with Crippen LogP contribution in [0, 0.1) is 5.92 Å². The van der Waals surface area contributed by atoms with Crippen molar-refractivity contribution in [2.75, 3.05) is 17.6 Å². The normalized spacial score (nSPS) is 10.7. The van der Waals surface area contributed by atoms with Crippen LogP contribution in [0.5, 0.6) is 0 Å². The molecule has 2 N–H and O–H groups in total. The van der Waals surface area contributed by atoms with Gasteiger partial charge in [0.05, 0.1) is 17.0 Å². The molecule has 2 aromatic rings. The summed E-state index contributed by atoms with van der Waals surface area (Å²) in [6, 6.07) is 6.99. The van der Waals surface area contributed by atoms with Gasteiger partial charge in [-0.1, -0.05) is 37.7 Å². The first-order valence-electron chi connectivity index (χ1n) is 8.19. The van der Waals surface area contributed by atoms with Crippen molar-refractivity contribution in [3.63, 3.8) is 0 Å². The molecular formula is C17H23N5O2S. The number of thioether (sulfide) groups is 1. The first kappa shape index (κ1) is 19.0. The molecule has 0 radical (unpaired) electrons. The SMILES string of the molecule is CCn1cnnc1SCC(=O)Nc1ccccc1C(=O)NCC(C)C. The Balaban J connectivity index is 1.97. The van der Waals surface area contributed by atoms with Crippen LogP contribution < -0.4 is 10.6 Å². The fourth-order valence-electron chi connectivity index (χ4n) is 2.07. The van der Waals surface area contributed by atoms with Crippen molar-refractivity contribution in [3.05, 3.63) is 36.2 Å². The summed E-state index contributed by atoms with van der Waals surface area (Å²) in [6.45, 7) is 7.37. The molecular weight excluding hydrogens is 338 g/mol. The Morgan fingerprint density at radius 3 is 2.76 bits per heavy atom. The Morgan fingerprint density at radius 1 is 1.28 bits per heavy atom. The Kier molecular flexibility index (Phi) is 7.00. The number of anilines is 1. The molecule has 2 rings (SSSR count). The van der Waals surface area contributed by atoms with E-state index in [2.05, 4.69) is 20.8 Å². The molecule has 0 saturated carbocycles. The van der Waals surface area contributed by atoms with E-state index >= 15 is 0 Å². The molecule has 0 spiro atoms. The number of nitrogens with zero attached hydrogens (tertiary/aromatic N) is 3. The topological polar surface area (TPSA) is 88.9 Å². The maximum Gasteiger partial charge on any atom is 0.253 e. The van der Waals surface area contributed by atoms with Crippen LogP contribution in [0.2, 0.25) is 0 Å². The van der Waals surface area contributed by atoms with Gasteiger partial charge in [-0.2, -0.15) is 0 Å². The van der Waals surface area contributed by atoms with Gasteiger partial charge < -0.3 is 15.2 Å². The number of carbonyl (C=O) groups excluding carboxylic acids is 2. The van der Waals surface area contributed by atoms with E-state index in [9.17, 15) is 9.59 Å². The molecule has 0 bridgehead atoms. The molecule has 1 aromatic heterocycles. The van der Waals surface area contributed by atoms with Crippen molar-refractivity contribution in [1.82, 2.24) is 20.1 Å². The smallest absolute Gasteiger partial charge is 0.253 e. The largest absolute Gasteiger partial charge is 0.352 e. The summed E-state index contributed by atoms with van der Waals surface area (Å²) in [5.41, 5.74) is 0.963. The maximum absolute atomic E-state index is 12.3. The molecule has 0 atom stereocenters. The lowest BCUT2D eigenvalue weighted by Gasteiger charge is -2.12. The van der Waals surface area contributed by atoms with Crippen LogP contribution in [0.3, 0.4) is 0 Å². The summed E-state index contributed by atoms with van der Waals surface area (Å²) in [7, 11) is 0. The van der Waals surface area contributed by atoms with Gasteiger partial charge in [0.2, 0.25) is 5.91 Å². The van der Waals surface area contributed by atoms with Gasteiger partial charge in [0.1, 0.15) is 6.33 Å². The lowest BCUT2D eigenvalue weighted by atomic mass is 10.1. The molecule has 0 unspecified atom stereocenters. The van der Waals surface area contributed by atoms with Crippen LogP contribution in [-0.2, 0) is 11.3 Å². The van der Waals surface area contributed by atoms with E-state index in [1.54, 1.807) is 30.6 Å².